The molecule has 0 saturated carbocycles. The van der Waals surface area contributed by atoms with Gasteiger partial charge in [-0.15, -0.1) is 0 Å². The lowest BCUT2D eigenvalue weighted by molar-refractivity contribution is -0.132. The summed E-state index contributed by atoms with van der Waals surface area (Å²) in [6, 6.07) is 6.55. The van der Waals surface area contributed by atoms with E-state index < -0.39 is 9.84 Å². The molecule has 1 fully saturated rings. The first-order valence-corrected chi connectivity index (χ1v) is 11.3. The van der Waals surface area contributed by atoms with Gasteiger partial charge in [-0.2, -0.15) is 0 Å². The van der Waals surface area contributed by atoms with E-state index in [0.29, 0.717) is 6.54 Å². The van der Waals surface area contributed by atoms with Gasteiger partial charge in [0, 0.05) is 31.0 Å². The van der Waals surface area contributed by atoms with Crippen molar-refractivity contribution in [3.8, 4) is 0 Å². The van der Waals surface area contributed by atoms with Crippen LogP contribution in [0, 0.1) is 0 Å². The smallest absolute Gasteiger partial charge is 0.227 e. The Kier molecular flexibility index (Phi) is 4.61. The minimum atomic E-state index is -3.23. The third-order valence-corrected chi connectivity index (χ3v) is 7.02. The molecule has 1 aliphatic carbocycles. The summed E-state index contributed by atoms with van der Waals surface area (Å²) in [6.45, 7) is 1.38. The van der Waals surface area contributed by atoms with Crippen LogP contribution in [0.2, 0.25) is 0 Å². The van der Waals surface area contributed by atoms with Crippen molar-refractivity contribution in [1.29, 1.82) is 0 Å². The van der Waals surface area contributed by atoms with Gasteiger partial charge in [0.15, 0.2) is 9.84 Å². The third-order valence-electron chi connectivity index (χ3n) is 5.89. The van der Waals surface area contributed by atoms with E-state index in [1.165, 1.54) is 6.26 Å². The number of aryl methyl sites for hydroxylation is 1. The van der Waals surface area contributed by atoms with Crippen LogP contribution in [-0.2, 0) is 32.9 Å². The van der Waals surface area contributed by atoms with Gasteiger partial charge in [0.2, 0.25) is 11.9 Å². The summed E-state index contributed by atoms with van der Waals surface area (Å²) in [6.07, 6.45) is 7.08. The highest BCUT2D eigenvalue weighted by molar-refractivity contribution is 7.90. The fourth-order valence-electron chi connectivity index (χ4n) is 4.44. The number of benzene rings is 1. The minimum Gasteiger partial charge on any atom is -0.368 e. The lowest BCUT2D eigenvalue weighted by atomic mass is 9.77. The molecule has 1 saturated heterocycles. The third kappa shape index (κ3) is 3.48. The Morgan fingerprint density at radius 2 is 2.00 bits per heavy atom. The van der Waals surface area contributed by atoms with Crippen LogP contribution in [0.15, 0.2) is 35.4 Å². The molecule has 0 bridgehead atoms. The first-order valence-electron chi connectivity index (χ1n) is 9.45. The number of anilines is 1. The van der Waals surface area contributed by atoms with E-state index in [4.69, 9.17) is 5.73 Å². The number of piperidine rings is 1. The summed E-state index contributed by atoms with van der Waals surface area (Å²) in [5, 5.41) is 0. The van der Waals surface area contributed by atoms with Crippen molar-refractivity contribution in [2.24, 2.45) is 0 Å². The van der Waals surface area contributed by atoms with Crippen molar-refractivity contribution in [2.75, 3.05) is 25.1 Å². The minimum absolute atomic E-state index is 0.0571. The van der Waals surface area contributed by atoms with Crippen molar-refractivity contribution < 1.29 is 13.2 Å². The Hall–Kier alpha value is -2.48. The highest BCUT2D eigenvalue weighted by atomic mass is 32.2. The molecular weight excluding hydrogens is 376 g/mol. The number of nitrogens with zero attached hydrogens (tertiary/aromatic N) is 3. The molecule has 1 aromatic carbocycles. The van der Waals surface area contributed by atoms with Gasteiger partial charge >= 0.3 is 0 Å². The number of aromatic nitrogens is 2. The fourth-order valence-corrected chi connectivity index (χ4v) is 5.07. The predicted octanol–water partition coefficient (Wildman–Crippen LogP) is 1.51. The zero-order valence-corrected chi connectivity index (χ0v) is 16.7. The van der Waals surface area contributed by atoms with Crippen LogP contribution in [0.3, 0.4) is 0 Å². The van der Waals surface area contributed by atoms with E-state index in [9.17, 15) is 13.2 Å². The van der Waals surface area contributed by atoms with E-state index in [-0.39, 0.29) is 28.6 Å². The van der Waals surface area contributed by atoms with Crippen molar-refractivity contribution in [3.63, 3.8) is 0 Å². The second-order valence-electron chi connectivity index (χ2n) is 7.89. The Balaban J connectivity index is 1.50. The second-order valence-corrected chi connectivity index (χ2v) is 9.91. The summed E-state index contributed by atoms with van der Waals surface area (Å²) in [4.78, 5) is 23.7. The van der Waals surface area contributed by atoms with E-state index in [1.54, 1.807) is 24.3 Å². The molecule has 28 heavy (non-hydrogen) atoms. The maximum Gasteiger partial charge on any atom is 0.227 e. The normalized spacial score (nSPS) is 21.7. The zero-order valence-electron chi connectivity index (χ0n) is 15.9. The Morgan fingerprint density at radius 3 is 2.71 bits per heavy atom. The van der Waals surface area contributed by atoms with E-state index in [2.05, 4.69) is 9.97 Å². The van der Waals surface area contributed by atoms with Crippen molar-refractivity contribution >= 4 is 21.7 Å². The zero-order chi connectivity index (χ0) is 19.9. The summed E-state index contributed by atoms with van der Waals surface area (Å²) in [5.74, 6) is 0.344. The standard InChI is InChI=1S/C20H24N4O3S/c1-28(26,27)16-5-3-14(4-6-16)11-17(25)24-10-2-8-20(13-24)9-7-15-12-22-19(21)23-18(15)20/h3-6,12H,2,7-11,13H2,1H3,(H2,21,22,23). The van der Waals surface area contributed by atoms with E-state index >= 15 is 0 Å². The van der Waals surface area contributed by atoms with Crippen molar-refractivity contribution in [1.82, 2.24) is 14.9 Å². The fraction of sp³-hybridized carbons (Fsp3) is 0.450. The lowest BCUT2D eigenvalue weighted by Gasteiger charge is -2.40. The van der Waals surface area contributed by atoms with Gasteiger partial charge in [0.25, 0.3) is 0 Å². The number of likely N-dealkylation sites (tertiary alicyclic amines) is 1. The molecule has 1 aliphatic heterocycles. The highest BCUT2D eigenvalue weighted by Gasteiger charge is 2.44. The maximum absolute atomic E-state index is 12.9. The molecule has 1 amide bonds. The molecular formula is C20H24N4O3S. The van der Waals surface area contributed by atoms with Gasteiger partial charge in [-0.3, -0.25) is 4.79 Å². The number of amides is 1. The number of rotatable bonds is 3. The molecule has 7 nitrogen and oxygen atoms in total. The molecule has 2 aromatic rings. The molecule has 148 valence electrons. The van der Waals surface area contributed by atoms with E-state index in [0.717, 1.165) is 49.0 Å². The van der Waals surface area contributed by atoms with Crippen LogP contribution in [0.4, 0.5) is 5.95 Å². The van der Waals surface area contributed by atoms with Gasteiger partial charge in [0.05, 0.1) is 17.0 Å². The predicted molar refractivity (Wildman–Crippen MR) is 106 cm³/mol. The molecule has 4 rings (SSSR count). The lowest BCUT2D eigenvalue weighted by Crippen LogP contribution is -2.48. The molecule has 1 aromatic heterocycles. The SMILES string of the molecule is CS(=O)(=O)c1ccc(CC(=O)N2CCCC3(CCc4cnc(N)nc43)C2)cc1. The van der Waals surface area contributed by atoms with E-state index in [1.807, 2.05) is 11.1 Å². The molecule has 1 spiro atoms. The average Bonchev–Trinajstić information content (AvgIpc) is 2.99. The first kappa shape index (κ1) is 18.9. The molecule has 1 atom stereocenters. The first-order chi connectivity index (χ1) is 13.3. The van der Waals surface area contributed by atoms with Crippen LogP contribution in [0.25, 0.3) is 0 Å². The second kappa shape index (κ2) is 6.84. The molecule has 1 unspecified atom stereocenters. The van der Waals surface area contributed by atoms with Gasteiger partial charge in [-0.25, -0.2) is 18.4 Å². The molecule has 0 radical (unpaired) electrons. The number of sulfone groups is 1. The summed E-state index contributed by atoms with van der Waals surface area (Å²) in [5.41, 5.74) is 8.65. The van der Waals surface area contributed by atoms with Gasteiger partial charge in [-0.05, 0) is 48.9 Å². The van der Waals surface area contributed by atoms with Crippen LogP contribution >= 0.6 is 0 Å². The van der Waals surface area contributed by atoms with Gasteiger partial charge in [-0.1, -0.05) is 12.1 Å². The van der Waals surface area contributed by atoms with Crippen molar-refractivity contribution in [3.05, 3.63) is 47.3 Å². The number of hydrogen-bond donors (Lipinski definition) is 1. The number of fused-ring (bicyclic) bond motifs is 2. The number of carbonyl (C=O) groups excluding carboxylic acids is 1. The molecule has 2 aliphatic rings. The van der Waals surface area contributed by atoms with Crippen molar-refractivity contribution in [2.45, 2.75) is 42.4 Å². The Bertz CT molecular complexity index is 1020. The summed E-state index contributed by atoms with van der Waals surface area (Å²) >= 11 is 0. The van der Waals surface area contributed by atoms with Crippen LogP contribution in [0.1, 0.15) is 36.1 Å². The van der Waals surface area contributed by atoms with Crippen LogP contribution in [0.5, 0.6) is 0 Å². The Morgan fingerprint density at radius 1 is 1.25 bits per heavy atom. The average molecular weight is 401 g/mol. The number of nitrogens with two attached hydrogens (primary N) is 1. The number of carbonyl (C=O) groups is 1. The number of hydrogen-bond acceptors (Lipinski definition) is 6. The number of nitrogen functional groups attached to an aromatic ring is 1. The topological polar surface area (TPSA) is 106 Å². The summed E-state index contributed by atoms with van der Waals surface area (Å²) in [7, 11) is -3.23. The summed E-state index contributed by atoms with van der Waals surface area (Å²) < 4.78 is 23.2. The quantitative estimate of drug-likeness (QED) is 0.837. The molecule has 2 heterocycles. The Labute approximate surface area is 164 Å². The molecule has 2 N–H and O–H groups in total. The largest absolute Gasteiger partial charge is 0.368 e. The highest BCUT2D eigenvalue weighted by Crippen LogP contribution is 2.44. The monoisotopic (exact) mass is 400 g/mol. The molecule has 8 heteroatoms. The van der Waals surface area contributed by atoms with Gasteiger partial charge < -0.3 is 10.6 Å². The van der Waals surface area contributed by atoms with Crippen LogP contribution < -0.4 is 5.73 Å². The maximum atomic E-state index is 12.9. The van der Waals surface area contributed by atoms with Gasteiger partial charge in [0.1, 0.15) is 0 Å². The van der Waals surface area contributed by atoms with Crippen LogP contribution in [-0.4, -0.2) is 48.5 Å².